The molecule has 19 heavy (non-hydrogen) atoms. The quantitative estimate of drug-likeness (QED) is 0.835. The molecule has 2 rings (SSSR count). The van der Waals surface area contributed by atoms with E-state index in [1.807, 2.05) is 0 Å². The van der Waals surface area contributed by atoms with E-state index in [-0.39, 0.29) is 11.2 Å². The van der Waals surface area contributed by atoms with Gasteiger partial charge in [0, 0.05) is 0 Å². The molecule has 0 radical (unpaired) electrons. The highest BCUT2D eigenvalue weighted by Gasteiger charge is 2.43. The van der Waals surface area contributed by atoms with Crippen LogP contribution in [-0.2, 0) is 9.59 Å². The minimum Gasteiger partial charge on any atom is -0.480 e. The van der Waals surface area contributed by atoms with Crippen LogP contribution in [0.15, 0.2) is 0 Å². The van der Waals surface area contributed by atoms with Crippen molar-refractivity contribution in [2.45, 2.75) is 62.7 Å². The summed E-state index contributed by atoms with van der Waals surface area (Å²) in [6, 6.07) is 0. The van der Waals surface area contributed by atoms with Crippen LogP contribution in [0.4, 0.5) is 0 Å². The minimum atomic E-state index is -1.01. The van der Waals surface area contributed by atoms with Gasteiger partial charge in [0.25, 0.3) is 0 Å². The number of hydrogen-bond donors (Lipinski definition) is 2. The standard InChI is InChI=1S/C14H23NO3S/c1-10-5-7-14(8-6-10,13(17)18)15-12(16)11-4-2-3-9-19-11/h10-11H,2-9H2,1H3,(H,15,16)(H,17,18). The number of thioether (sulfide) groups is 1. The lowest BCUT2D eigenvalue weighted by Crippen LogP contribution is -2.58. The van der Waals surface area contributed by atoms with E-state index in [1.165, 1.54) is 0 Å². The van der Waals surface area contributed by atoms with Gasteiger partial charge in [-0.25, -0.2) is 4.79 Å². The van der Waals surface area contributed by atoms with Gasteiger partial charge in [0.2, 0.25) is 5.91 Å². The van der Waals surface area contributed by atoms with E-state index >= 15 is 0 Å². The predicted octanol–water partition coefficient (Wildman–Crippen LogP) is 2.42. The second-order valence-electron chi connectivity index (χ2n) is 5.91. The lowest BCUT2D eigenvalue weighted by atomic mass is 9.77. The van der Waals surface area contributed by atoms with Crippen LogP contribution in [-0.4, -0.2) is 33.5 Å². The Morgan fingerprint density at radius 2 is 1.89 bits per heavy atom. The first-order chi connectivity index (χ1) is 9.03. The maximum Gasteiger partial charge on any atom is 0.329 e. The molecule has 4 nitrogen and oxygen atoms in total. The molecule has 1 unspecified atom stereocenters. The Hall–Kier alpha value is -0.710. The Labute approximate surface area is 118 Å². The van der Waals surface area contributed by atoms with E-state index in [9.17, 15) is 14.7 Å². The Morgan fingerprint density at radius 3 is 2.42 bits per heavy atom. The van der Waals surface area contributed by atoms with Crippen LogP contribution in [0, 0.1) is 5.92 Å². The fourth-order valence-corrected chi connectivity index (χ4v) is 4.11. The van der Waals surface area contributed by atoms with E-state index in [4.69, 9.17) is 0 Å². The lowest BCUT2D eigenvalue weighted by molar-refractivity contribution is -0.149. The van der Waals surface area contributed by atoms with E-state index in [2.05, 4.69) is 12.2 Å². The molecule has 1 aliphatic carbocycles. The van der Waals surface area contributed by atoms with Crippen LogP contribution in [0.5, 0.6) is 0 Å². The van der Waals surface area contributed by atoms with E-state index in [1.54, 1.807) is 11.8 Å². The van der Waals surface area contributed by atoms with E-state index < -0.39 is 11.5 Å². The van der Waals surface area contributed by atoms with Gasteiger partial charge >= 0.3 is 5.97 Å². The van der Waals surface area contributed by atoms with Crippen molar-refractivity contribution in [3.05, 3.63) is 0 Å². The Balaban J connectivity index is 2.00. The van der Waals surface area contributed by atoms with Crippen LogP contribution >= 0.6 is 11.8 Å². The molecule has 1 amide bonds. The van der Waals surface area contributed by atoms with Gasteiger partial charge in [-0.05, 0) is 50.2 Å². The van der Waals surface area contributed by atoms with Crippen molar-refractivity contribution in [1.29, 1.82) is 0 Å². The van der Waals surface area contributed by atoms with Gasteiger partial charge < -0.3 is 10.4 Å². The van der Waals surface area contributed by atoms with E-state index in [0.717, 1.165) is 37.9 Å². The number of carboxylic acids is 1. The molecule has 108 valence electrons. The minimum absolute atomic E-state index is 0.0516. The number of hydrogen-bond acceptors (Lipinski definition) is 3. The number of rotatable bonds is 3. The van der Waals surface area contributed by atoms with Crippen molar-refractivity contribution >= 4 is 23.6 Å². The van der Waals surface area contributed by atoms with Crippen LogP contribution in [0.1, 0.15) is 51.9 Å². The first-order valence-corrected chi connectivity index (χ1v) is 8.25. The fourth-order valence-electron chi connectivity index (χ4n) is 2.91. The van der Waals surface area contributed by atoms with Gasteiger partial charge in [-0.1, -0.05) is 13.3 Å². The van der Waals surface area contributed by atoms with Gasteiger partial charge in [0.05, 0.1) is 5.25 Å². The van der Waals surface area contributed by atoms with Crippen LogP contribution in [0.25, 0.3) is 0 Å². The van der Waals surface area contributed by atoms with Crippen LogP contribution in [0.2, 0.25) is 0 Å². The second kappa shape index (κ2) is 6.16. The largest absolute Gasteiger partial charge is 0.480 e. The predicted molar refractivity (Wildman–Crippen MR) is 76.2 cm³/mol. The number of aliphatic carboxylic acids is 1. The molecule has 1 heterocycles. The maximum absolute atomic E-state index is 12.3. The molecule has 1 saturated carbocycles. The van der Waals surface area contributed by atoms with Gasteiger partial charge in [-0.15, -0.1) is 11.8 Å². The molecular weight excluding hydrogens is 262 g/mol. The topological polar surface area (TPSA) is 66.4 Å². The molecule has 2 N–H and O–H groups in total. The number of nitrogens with one attached hydrogen (secondary N) is 1. The zero-order valence-corrected chi connectivity index (χ0v) is 12.3. The van der Waals surface area contributed by atoms with Crippen molar-refractivity contribution in [2.24, 2.45) is 5.92 Å². The second-order valence-corrected chi connectivity index (χ2v) is 7.22. The molecule has 1 saturated heterocycles. The van der Waals surface area contributed by atoms with Gasteiger partial charge in [0.1, 0.15) is 5.54 Å². The summed E-state index contributed by atoms with van der Waals surface area (Å²) < 4.78 is 0. The van der Waals surface area contributed by atoms with Crippen LogP contribution in [0.3, 0.4) is 0 Å². The average molecular weight is 285 g/mol. The number of carbonyl (C=O) groups excluding carboxylic acids is 1. The molecule has 5 heteroatoms. The third kappa shape index (κ3) is 3.44. The smallest absolute Gasteiger partial charge is 0.329 e. The van der Waals surface area contributed by atoms with Crippen molar-refractivity contribution in [1.82, 2.24) is 5.32 Å². The highest BCUT2D eigenvalue weighted by Crippen LogP contribution is 2.33. The number of carbonyl (C=O) groups is 2. The summed E-state index contributed by atoms with van der Waals surface area (Å²) in [5, 5.41) is 12.3. The van der Waals surface area contributed by atoms with Crippen molar-refractivity contribution in [2.75, 3.05) is 5.75 Å². The first kappa shape index (κ1) is 14.7. The Bertz CT molecular complexity index is 345. The number of carboxylic acid groups (broad SMARTS) is 1. The monoisotopic (exact) mass is 285 g/mol. The molecule has 1 aliphatic heterocycles. The Kier molecular flexibility index (Phi) is 4.76. The highest BCUT2D eigenvalue weighted by molar-refractivity contribution is 8.00. The first-order valence-electron chi connectivity index (χ1n) is 7.20. The summed E-state index contributed by atoms with van der Waals surface area (Å²) in [4.78, 5) is 23.8. The SMILES string of the molecule is CC1CCC(NC(=O)C2CCCCS2)(C(=O)O)CC1. The Morgan fingerprint density at radius 1 is 1.21 bits per heavy atom. The van der Waals surface area contributed by atoms with Crippen molar-refractivity contribution < 1.29 is 14.7 Å². The molecule has 0 aromatic heterocycles. The molecule has 2 aliphatic rings. The lowest BCUT2D eigenvalue weighted by Gasteiger charge is -2.37. The average Bonchev–Trinajstić information content (AvgIpc) is 2.42. The maximum atomic E-state index is 12.3. The molecule has 2 fully saturated rings. The molecule has 0 bridgehead atoms. The highest BCUT2D eigenvalue weighted by atomic mass is 32.2. The summed E-state index contributed by atoms with van der Waals surface area (Å²) in [6.07, 6.45) is 5.99. The zero-order chi connectivity index (χ0) is 13.9. The zero-order valence-electron chi connectivity index (χ0n) is 11.5. The third-order valence-electron chi connectivity index (χ3n) is 4.37. The molecule has 0 aromatic rings. The van der Waals surface area contributed by atoms with Crippen molar-refractivity contribution in [3.8, 4) is 0 Å². The fraction of sp³-hybridized carbons (Fsp3) is 0.857. The normalized spacial score (nSPS) is 35.6. The van der Waals surface area contributed by atoms with Crippen LogP contribution < -0.4 is 5.32 Å². The summed E-state index contributed by atoms with van der Waals surface area (Å²) >= 11 is 1.67. The molecule has 0 aromatic carbocycles. The summed E-state index contributed by atoms with van der Waals surface area (Å²) in [5.41, 5.74) is -1.01. The third-order valence-corrected chi connectivity index (χ3v) is 5.75. The molecule has 1 atom stereocenters. The summed E-state index contributed by atoms with van der Waals surface area (Å²) in [5.74, 6) is 0.637. The molecule has 0 spiro atoms. The summed E-state index contributed by atoms with van der Waals surface area (Å²) in [6.45, 7) is 2.14. The van der Waals surface area contributed by atoms with Gasteiger partial charge in [-0.3, -0.25) is 4.79 Å². The summed E-state index contributed by atoms with van der Waals surface area (Å²) in [7, 11) is 0. The van der Waals surface area contributed by atoms with Gasteiger partial charge in [-0.2, -0.15) is 0 Å². The number of amides is 1. The molecular formula is C14H23NO3S. The van der Waals surface area contributed by atoms with Crippen molar-refractivity contribution in [3.63, 3.8) is 0 Å². The van der Waals surface area contributed by atoms with E-state index in [0.29, 0.717) is 18.8 Å². The van der Waals surface area contributed by atoms with Gasteiger partial charge in [0.15, 0.2) is 0 Å².